The van der Waals surface area contributed by atoms with Gasteiger partial charge in [0.15, 0.2) is 0 Å². The van der Waals surface area contributed by atoms with Crippen LogP contribution in [-0.4, -0.2) is 74.7 Å². The van der Waals surface area contributed by atoms with Gasteiger partial charge in [0.2, 0.25) is 0 Å². The fourth-order valence-corrected chi connectivity index (χ4v) is 4.79. The monoisotopic (exact) mass is 514 g/mol. The Bertz CT molecular complexity index is 1170. The number of hydroxylamine groups is 2. The molecule has 1 unspecified atom stereocenters. The molecular formula is C27H31FN2O7. The zero-order valence-corrected chi connectivity index (χ0v) is 20.9. The number of carboxylic acids is 1. The smallest absolute Gasteiger partial charge is 0.349 e. The van der Waals surface area contributed by atoms with Crippen molar-refractivity contribution >= 4 is 17.6 Å². The first-order chi connectivity index (χ1) is 17.8. The highest BCUT2D eigenvalue weighted by Gasteiger charge is 2.28. The summed E-state index contributed by atoms with van der Waals surface area (Å²) in [4.78, 5) is 30.1. The van der Waals surface area contributed by atoms with E-state index >= 15 is 0 Å². The summed E-state index contributed by atoms with van der Waals surface area (Å²) in [6, 6.07) is 8.12. The Morgan fingerprint density at radius 3 is 2.76 bits per heavy atom. The number of hydrogen-bond donors (Lipinski definition) is 1. The second kappa shape index (κ2) is 12.1. The fourth-order valence-electron chi connectivity index (χ4n) is 4.79. The number of hydrogen-bond acceptors (Lipinski definition) is 8. The lowest BCUT2D eigenvalue weighted by atomic mass is 9.94. The third kappa shape index (κ3) is 6.78. The first-order valence-electron chi connectivity index (χ1n) is 12.2. The van der Waals surface area contributed by atoms with Crippen molar-refractivity contribution < 1.29 is 38.1 Å². The fraction of sp³-hybridized carbons (Fsp3) is 0.407. The summed E-state index contributed by atoms with van der Waals surface area (Å²) in [5.41, 5.74) is 4.38. The highest BCUT2D eigenvalue weighted by atomic mass is 19.1. The molecule has 0 aromatic heterocycles. The highest BCUT2D eigenvalue weighted by Crippen LogP contribution is 2.40. The van der Waals surface area contributed by atoms with E-state index in [0.717, 1.165) is 34.7 Å². The molecule has 37 heavy (non-hydrogen) atoms. The molecule has 0 bridgehead atoms. The second-order valence-electron chi connectivity index (χ2n) is 8.94. The van der Waals surface area contributed by atoms with Crippen LogP contribution in [0.15, 0.2) is 42.5 Å². The van der Waals surface area contributed by atoms with Crippen LogP contribution in [0.3, 0.4) is 0 Å². The van der Waals surface area contributed by atoms with Crippen molar-refractivity contribution in [1.82, 2.24) is 5.06 Å². The molecular weight excluding hydrogens is 483 g/mol. The van der Waals surface area contributed by atoms with E-state index < -0.39 is 11.9 Å². The largest absolute Gasteiger partial charge is 0.490 e. The lowest BCUT2D eigenvalue weighted by Crippen LogP contribution is -2.42. The third-order valence-corrected chi connectivity index (χ3v) is 6.37. The first-order valence-corrected chi connectivity index (χ1v) is 12.2. The summed E-state index contributed by atoms with van der Waals surface area (Å²) in [5.74, 6) is -1.05. The molecule has 9 nitrogen and oxygen atoms in total. The number of carbonyl (C=O) groups is 2. The lowest BCUT2D eigenvalue weighted by Gasteiger charge is -2.36. The molecule has 0 saturated carbocycles. The number of fused-ring (bicyclic) bond motifs is 2. The van der Waals surface area contributed by atoms with E-state index in [-0.39, 0.29) is 11.9 Å². The van der Waals surface area contributed by atoms with Crippen LogP contribution >= 0.6 is 0 Å². The molecule has 2 aromatic rings. The van der Waals surface area contributed by atoms with Gasteiger partial charge in [0.1, 0.15) is 30.0 Å². The van der Waals surface area contributed by atoms with Crippen LogP contribution in [0.25, 0.3) is 0 Å². The number of nitrogens with zero attached hydrogens (tertiary/aromatic N) is 2. The molecule has 2 aliphatic heterocycles. The number of ether oxygens (including phenoxy) is 3. The standard InChI is InChI=1S/C27H31FN2O7/c1-18-23-9-11-30(37-26(33)7-6-25(31)32)10-8-19(23)14-24-27(18)29(12-13-35-24)16-22(17-34-2)36-21-5-3-4-20(28)15-21/h3-7,14-15,22H,8-13,16-17H2,1-2H3,(H,31,32)/b7-6+. The van der Waals surface area contributed by atoms with Gasteiger partial charge in [0.25, 0.3) is 0 Å². The summed E-state index contributed by atoms with van der Waals surface area (Å²) in [6.07, 6.45) is 2.63. The Morgan fingerprint density at radius 1 is 1.19 bits per heavy atom. The van der Waals surface area contributed by atoms with Gasteiger partial charge in [-0.2, -0.15) is 0 Å². The Balaban J connectivity index is 1.51. The molecule has 1 N–H and O–H groups in total. The topological polar surface area (TPSA) is 97.8 Å². The minimum atomic E-state index is -1.21. The van der Waals surface area contributed by atoms with Crippen LogP contribution in [0.2, 0.25) is 0 Å². The normalized spacial score (nSPS) is 16.4. The van der Waals surface area contributed by atoms with Gasteiger partial charge in [0, 0.05) is 38.4 Å². The summed E-state index contributed by atoms with van der Waals surface area (Å²) in [7, 11) is 1.61. The molecule has 4 rings (SSSR count). The van der Waals surface area contributed by atoms with Crippen molar-refractivity contribution in [2.45, 2.75) is 25.9 Å². The van der Waals surface area contributed by atoms with E-state index in [1.165, 1.54) is 17.7 Å². The number of halogens is 1. The van der Waals surface area contributed by atoms with E-state index in [4.69, 9.17) is 24.2 Å². The number of methoxy groups -OCH3 is 1. The number of benzene rings is 2. The first kappa shape index (κ1) is 26.4. The van der Waals surface area contributed by atoms with Crippen molar-refractivity contribution in [3.8, 4) is 11.5 Å². The molecule has 2 aromatic carbocycles. The summed E-state index contributed by atoms with van der Waals surface area (Å²) in [5, 5.41) is 10.3. The molecule has 10 heteroatoms. The summed E-state index contributed by atoms with van der Waals surface area (Å²) in [6.45, 7) is 5.08. The molecule has 0 aliphatic carbocycles. The average Bonchev–Trinajstić information content (AvgIpc) is 3.05. The van der Waals surface area contributed by atoms with Gasteiger partial charge < -0.3 is 29.1 Å². The number of aliphatic carboxylic acids is 1. The van der Waals surface area contributed by atoms with Gasteiger partial charge >= 0.3 is 11.9 Å². The van der Waals surface area contributed by atoms with Crippen molar-refractivity contribution in [3.63, 3.8) is 0 Å². The van der Waals surface area contributed by atoms with E-state index in [9.17, 15) is 14.0 Å². The van der Waals surface area contributed by atoms with Gasteiger partial charge in [-0.3, -0.25) is 0 Å². The minimum Gasteiger partial charge on any atom is -0.490 e. The number of carbonyl (C=O) groups excluding carboxylic acids is 1. The second-order valence-corrected chi connectivity index (χ2v) is 8.94. The van der Waals surface area contributed by atoms with Crippen LogP contribution in [0.4, 0.5) is 10.1 Å². The van der Waals surface area contributed by atoms with Gasteiger partial charge in [-0.05, 0) is 54.7 Å². The summed E-state index contributed by atoms with van der Waals surface area (Å²) < 4.78 is 31.2. The number of anilines is 1. The number of carboxylic acid groups (broad SMARTS) is 1. The SMILES string of the molecule is COCC(CN1CCOc2cc3c(c(C)c21)CCN(OC(=O)/C=C/C(=O)O)CC3)Oc1cccc(F)c1. The van der Waals surface area contributed by atoms with E-state index in [1.807, 2.05) is 0 Å². The Labute approximate surface area is 214 Å². The third-order valence-electron chi connectivity index (χ3n) is 6.37. The molecule has 1 atom stereocenters. The zero-order chi connectivity index (χ0) is 26.4. The molecule has 0 spiro atoms. The molecule has 0 fully saturated rings. The Kier molecular flexibility index (Phi) is 8.62. The van der Waals surface area contributed by atoms with Crippen molar-refractivity contribution in [2.24, 2.45) is 0 Å². The minimum absolute atomic E-state index is 0.329. The van der Waals surface area contributed by atoms with Crippen LogP contribution < -0.4 is 14.4 Å². The van der Waals surface area contributed by atoms with Gasteiger partial charge in [-0.15, -0.1) is 5.06 Å². The van der Waals surface area contributed by atoms with Crippen molar-refractivity contribution in [3.05, 3.63) is 65.0 Å². The summed E-state index contributed by atoms with van der Waals surface area (Å²) >= 11 is 0. The van der Waals surface area contributed by atoms with Gasteiger partial charge in [-0.25, -0.2) is 14.0 Å². The van der Waals surface area contributed by atoms with Gasteiger partial charge in [-0.1, -0.05) is 6.07 Å². The number of rotatable bonds is 9. The van der Waals surface area contributed by atoms with E-state index in [2.05, 4.69) is 17.9 Å². The quantitative estimate of drug-likeness (QED) is 0.507. The van der Waals surface area contributed by atoms with Gasteiger partial charge in [0.05, 0.1) is 25.4 Å². The van der Waals surface area contributed by atoms with Crippen LogP contribution in [0, 0.1) is 12.7 Å². The highest BCUT2D eigenvalue weighted by molar-refractivity contribution is 5.90. The van der Waals surface area contributed by atoms with Crippen LogP contribution in [-0.2, 0) is 32.0 Å². The molecule has 2 aliphatic rings. The predicted octanol–water partition coefficient (Wildman–Crippen LogP) is 2.93. The molecule has 0 radical (unpaired) electrons. The van der Waals surface area contributed by atoms with E-state index in [1.54, 1.807) is 24.3 Å². The van der Waals surface area contributed by atoms with E-state index in [0.29, 0.717) is 58.0 Å². The Morgan fingerprint density at radius 2 is 2.00 bits per heavy atom. The average molecular weight is 515 g/mol. The van der Waals surface area contributed by atoms with Crippen molar-refractivity contribution in [1.29, 1.82) is 0 Å². The Hall–Kier alpha value is -3.63. The maximum atomic E-state index is 13.7. The molecule has 0 amide bonds. The van der Waals surface area contributed by atoms with Crippen LogP contribution in [0.1, 0.15) is 16.7 Å². The zero-order valence-electron chi connectivity index (χ0n) is 20.9. The van der Waals surface area contributed by atoms with Crippen LogP contribution in [0.5, 0.6) is 11.5 Å². The maximum absolute atomic E-state index is 13.7. The molecule has 0 saturated heterocycles. The maximum Gasteiger partial charge on any atom is 0.349 e. The predicted molar refractivity (Wildman–Crippen MR) is 133 cm³/mol. The van der Waals surface area contributed by atoms with Crippen molar-refractivity contribution in [2.75, 3.05) is 51.4 Å². The molecule has 2 heterocycles. The lowest BCUT2D eigenvalue weighted by molar-refractivity contribution is -0.183. The molecule has 198 valence electrons.